The molecule has 0 bridgehead atoms. The highest BCUT2D eigenvalue weighted by molar-refractivity contribution is 8.21. The smallest absolute Gasteiger partial charge is 0.326 e. The largest absolute Gasteiger partial charge is 0.480 e. The van der Waals surface area contributed by atoms with Gasteiger partial charge in [0.15, 0.2) is 0 Å². The van der Waals surface area contributed by atoms with Crippen LogP contribution in [0.5, 0.6) is 0 Å². The second kappa shape index (κ2) is 6.48. The molecule has 0 aliphatic carbocycles. The Kier molecular flexibility index (Phi) is 5.08. The Morgan fingerprint density at radius 2 is 2.00 bits per heavy atom. The molecule has 2 fully saturated rings. The number of rotatable bonds is 4. The number of amides is 1. The summed E-state index contributed by atoms with van der Waals surface area (Å²) in [5.74, 6) is -0.309. The number of hydrogen-bond donors (Lipinski definition) is 1. The van der Waals surface area contributed by atoms with Crippen molar-refractivity contribution in [3.8, 4) is 0 Å². The highest BCUT2D eigenvalue weighted by Gasteiger charge is 2.51. The van der Waals surface area contributed by atoms with E-state index in [1.807, 2.05) is 0 Å². The average molecular weight is 333 g/mol. The maximum Gasteiger partial charge on any atom is 0.326 e. The van der Waals surface area contributed by atoms with Crippen LogP contribution in [0.2, 0.25) is 0 Å². The van der Waals surface area contributed by atoms with E-state index in [1.165, 1.54) is 12.0 Å². The van der Waals surface area contributed by atoms with Gasteiger partial charge in [0.1, 0.15) is 6.04 Å². The Balaban J connectivity index is 2.10. The van der Waals surface area contributed by atoms with Gasteiger partial charge in [-0.3, -0.25) is 9.59 Å². The van der Waals surface area contributed by atoms with Crippen molar-refractivity contribution in [3.05, 3.63) is 0 Å². The van der Waals surface area contributed by atoms with E-state index in [2.05, 4.69) is 4.74 Å². The molecule has 2 saturated heterocycles. The van der Waals surface area contributed by atoms with Gasteiger partial charge in [0.05, 0.1) is 17.6 Å². The minimum atomic E-state index is -0.974. The van der Waals surface area contributed by atoms with E-state index >= 15 is 0 Å². The van der Waals surface area contributed by atoms with E-state index in [9.17, 15) is 19.5 Å². The number of ether oxygens (including phenoxy) is 1. The number of esters is 1. The molecule has 8 heteroatoms. The molecule has 2 heterocycles. The number of thioether (sulfide) groups is 2. The van der Waals surface area contributed by atoms with Gasteiger partial charge in [-0.2, -0.15) is 0 Å². The third-order valence-electron chi connectivity index (χ3n) is 3.80. The van der Waals surface area contributed by atoms with Gasteiger partial charge in [-0.25, -0.2) is 4.79 Å². The molecule has 2 aliphatic heterocycles. The summed E-state index contributed by atoms with van der Waals surface area (Å²) in [4.78, 5) is 36.7. The number of nitrogens with zero attached hydrogens (tertiary/aromatic N) is 1. The van der Waals surface area contributed by atoms with Crippen LogP contribution in [0.1, 0.15) is 19.8 Å². The van der Waals surface area contributed by atoms with Gasteiger partial charge in [-0.05, 0) is 0 Å². The maximum absolute atomic E-state index is 12.5. The fourth-order valence-corrected chi connectivity index (χ4v) is 5.96. The number of carboxylic acids is 1. The molecule has 2 rings (SSSR count). The van der Waals surface area contributed by atoms with Crippen LogP contribution in [0.25, 0.3) is 0 Å². The van der Waals surface area contributed by atoms with Crippen molar-refractivity contribution < 1.29 is 24.2 Å². The molecule has 21 heavy (non-hydrogen) atoms. The maximum atomic E-state index is 12.5. The first-order chi connectivity index (χ1) is 9.88. The van der Waals surface area contributed by atoms with Crippen molar-refractivity contribution in [2.24, 2.45) is 5.92 Å². The SMILES string of the molecule is COC(=O)CC(C)C(=O)N1CC2(C[C@H]1C(=O)O)SCCS2. The first-order valence-electron chi connectivity index (χ1n) is 6.76. The van der Waals surface area contributed by atoms with Crippen LogP contribution in [0, 0.1) is 5.92 Å². The fourth-order valence-electron chi connectivity index (χ4n) is 2.70. The zero-order valence-corrected chi connectivity index (χ0v) is 13.7. The molecule has 2 aliphatic rings. The van der Waals surface area contributed by atoms with Crippen LogP contribution in [0.15, 0.2) is 0 Å². The lowest BCUT2D eigenvalue weighted by Gasteiger charge is -2.25. The third-order valence-corrected chi connectivity index (χ3v) is 7.22. The van der Waals surface area contributed by atoms with E-state index in [4.69, 9.17) is 0 Å². The average Bonchev–Trinajstić information content (AvgIpc) is 3.05. The van der Waals surface area contributed by atoms with Crippen molar-refractivity contribution in [1.82, 2.24) is 4.90 Å². The van der Waals surface area contributed by atoms with Crippen molar-refractivity contribution >= 4 is 41.4 Å². The number of carbonyl (C=O) groups excluding carboxylic acids is 2. The summed E-state index contributed by atoms with van der Waals surface area (Å²) >= 11 is 3.48. The number of methoxy groups -OCH3 is 1. The van der Waals surface area contributed by atoms with Gasteiger partial charge in [0, 0.05) is 30.4 Å². The van der Waals surface area contributed by atoms with E-state index in [-0.39, 0.29) is 16.4 Å². The van der Waals surface area contributed by atoms with Gasteiger partial charge in [0.25, 0.3) is 0 Å². The number of hydrogen-bond acceptors (Lipinski definition) is 6. The van der Waals surface area contributed by atoms with Crippen molar-refractivity contribution in [1.29, 1.82) is 0 Å². The molecule has 1 spiro atoms. The van der Waals surface area contributed by atoms with Crippen LogP contribution >= 0.6 is 23.5 Å². The number of likely N-dealkylation sites (tertiary alicyclic amines) is 1. The van der Waals surface area contributed by atoms with Crippen LogP contribution in [-0.2, 0) is 19.1 Å². The Bertz CT molecular complexity index is 450. The summed E-state index contributed by atoms with van der Waals surface area (Å²) in [5, 5.41) is 9.38. The Hall–Kier alpha value is -0.890. The van der Waals surface area contributed by atoms with Gasteiger partial charge < -0.3 is 14.7 Å². The Morgan fingerprint density at radius 1 is 1.38 bits per heavy atom. The second-order valence-corrected chi connectivity index (χ2v) is 8.53. The predicted octanol–water partition coefficient (Wildman–Crippen LogP) is 1.05. The molecule has 0 saturated carbocycles. The molecule has 2 atom stereocenters. The summed E-state index contributed by atoms with van der Waals surface area (Å²) in [6, 6.07) is -0.796. The standard InChI is InChI=1S/C13H19NO5S2/c1-8(5-10(15)19-2)11(16)14-7-13(20-3-4-21-13)6-9(14)12(17)18/h8-9H,3-7H2,1-2H3,(H,17,18)/t8?,9-/m0/s1. The minimum Gasteiger partial charge on any atom is -0.480 e. The fraction of sp³-hybridized carbons (Fsp3) is 0.769. The highest BCUT2D eigenvalue weighted by atomic mass is 32.2. The number of carboxylic acid groups (broad SMARTS) is 1. The molecule has 0 aromatic heterocycles. The van der Waals surface area contributed by atoms with Crippen LogP contribution in [0.4, 0.5) is 0 Å². The van der Waals surface area contributed by atoms with Crippen LogP contribution in [0.3, 0.4) is 0 Å². The van der Waals surface area contributed by atoms with Gasteiger partial charge in [-0.15, -0.1) is 23.5 Å². The van der Waals surface area contributed by atoms with Gasteiger partial charge >= 0.3 is 11.9 Å². The Morgan fingerprint density at radius 3 is 2.52 bits per heavy atom. The zero-order valence-electron chi connectivity index (χ0n) is 12.0. The van der Waals surface area contributed by atoms with Gasteiger partial charge in [-0.1, -0.05) is 6.92 Å². The summed E-state index contributed by atoms with van der Waals surface area (Å²) in [6.45, 7) is 2.07. The van der Waals surface area contributed by atoms with Crippen molar-refractivity contribution in [2.45, 2.75) is 29.9 Å². The first-order valence-corrected chi connectivity index (χ1v) is 8.74. The van der Waals surface area contributed by atoms with Gasteiger partial charge in [0.2, 0.25) is 5.91 Å². The lowest BCUT2D eigenvalue weighted by atomic mass is 10.1. The summed E-state index contributed by atoms with van der Waals surface area (Å²) in [5.41, 5.74) is 0. The lowest BCUT2D eigenvalue weighted by Crippen LogP contribution is -2.43. The molecule has 6 nitrogen and oxygen atoms in total. The normalized spacial score (nSPS) is 25.0. The van der Waals surface area contributed by atoms with E-state index < -0.39 is 23.9 Å². The molecule has 1 amide bonds. The number of aliphatic carboxylic acids is 1. The molecular weight excluding hydrogens is 314 g/mol. The quantitative estimate of drug-likeness (QED) is 0.770. The minimum absolute atomic E-state index is 0.0224. The Labute approximate surface area is 132 Å². The third kappa shape index (κ3) is 3.48. The lowest BCUT2D eigenvalue weighted by molar-refractivity contribution is -0.151. The predicted molar refractivity (Wildman–Crippen MR) is 81.2 cm³/mol. The summed E-state index contributed by atoms with van der Waals surface area (Å²) < 4.78 is 4.38. The van der Waals surface area contributed by atoms with Crippen LogP contribution < -0.4 is 0 Å². The topological polar surface area (TPSA) is 83.9 Å². The summed E-state index contributed by atoms with van der Waals surface area (Å²) in [7, 11) is 1.27. The van der Waals surface area contributed by atoms with Crippen molar-refractivity contribution in [2.75, 3.05) is 25.2 Å². The highest BCUT2D eigenvalue weighted by Crippen LogP contribution is 2.52. The number of carbonyl (C=O) groups is 3. The monoisotopic (exact) mass is 333 g/mol. The van der Waals surface area contributed by atoms with E-state index in [0.717, 1.165) is 11.5 Å². The van der Waals surface area contributed by atoms with E-state index in [1.54, 1.807) is 30.4 Å². The molecule has 0 radical (unpaired) electrons. The van der Waals surface area contributed by atoms with Crippen molar-refractivity contribution in [3.63, 3.8) is 0 Å². The zero-order chi connectivity index (χ0) is 15.6. The molecule has 0 aromatic rings. The van der Waals surface area contributed by atoms with Crippen LogP contribution in [-0.4, -0.2) is 63.1 Å². The molecule has 1 N–H and O–H groups in total. The second-order valence-electron chi connectivity index (χ2n) is 5.31. The van der Waals surface area contributed by atoms with E-state index in [0.29, 0.717) is 13.0 Å². The molecule has 1 unspecified atom stereocenters. The first kappa shape index (κ1) is 16.5. The molecule has 0 aromatic carbocycles. The molecular formula is C13H19NO5S2. The summed E-state index contributed by atoms with van der Waals surface area (Å²) in [6.07, 6.45) is 0.444. The molecule has 118 valence electrons.